The third-order valence-electron chi connectivity index (χ3n) is 4.43. The first-order valence-corrected chi connectivity index (χ1v) is 10.1. The van der Waals surface area contributed by atoms with Gasteiger partial charge in [-0.3, -0.25) is 0 Å². The molecular weight excluding hydrogens is 350 g/mol. The van der Waals surface area contributed by atoms with Crippen LogP contribution >= 0.6 is 11.6 Å². The zero-order valence-electron chi connectivity index (χ0n) is 13.4. The molecule has 1 saturated heterocycles. The average molecular weight is 372 g/mol. The molecule has 0 unspecified atom stereocenters. The van der Waals surface area contributed by atoms with Crippen molar-refractivity contribution in [3.8, 4) is 0 Å². The maximum Gasteiger partial charge on any atom is 0.317 e. The fourth-order valence-electron chi connectivity index (χ4n) is 2.76. The van der Waals surface area contributed by atoms with Crippen molar-refractivity contribution in [1.29, 1.82) is 0 Å². The third-order valence-corrected chi connectivity index (χ3v) is 6.60. The topological polar surface area (TPSA) is 69.7 Å². The average Bonchev–Trinajstić information content (AvgIpc) is 3.39. The number of sulfonamides is 1. The molecule has 2 aliphatic rings. The van der Waals surface area contributed by atoms with Gasteiger partial charge in [-0.1, -0.05) is 11.6 Å². The first-order valence-electron chi connectivity index (χ1n) is 8.25. The first-order chi connectivity index (χ1) is 11.5. The van der Waals surface area contributed by atoms with Gasteiger partial charge in [-0.25, -0.2) is 13.2 Å². The molecule has 2 amide bonds. The Bertz CT molecular complexity index is 689. The van der Waals surface area contributed by atoms with Crippen LogP contribution in [0.2, 0.25) is 5.02 Å². The molecule has 8 heteroatoms. The largest absolute Gasteiger partial charge is 0.338 e. The van der Waals surface area contributed by atoms with Crippen LogP contribution in [0.15, 0.2) is 29.2 Å². The predicted molar refractivity (Wildman–Crippen MR) is 92.5 cm³/mol. The van der Waals surface area contributed by atoms with Gasteiger partial charge in [0.1, 0.15) is 0 Å². The van der Waals surface area contributed by atoms with Crippen molar-refractivity contribution in [2.45, 2.75) is 24.2 Å². The summed E-state index contributed by atoms with van der Waals surface area (Å²) >= 11 is 5.82. The molecule has 1 N–H and O–H groups in total. The fraction of sp³-hybridized carbons (Fsp3) is 0.562. The SMILES string of the molecule is O=C(NCC1CC1)N1CCCN(S(=O)(=O)c2ccc(Cl)cc2)CC1. The molecule has 3 rings (SSSR count). The van der Waals surface area contributed by atoms with E-state index in [2.05, 4.69) is 5.32 Å². The highest BCUT2D eigenvalue weighted by atomic mass is 35.5. The quantitative estimate of drug-likeness (QED) is 0.881. The number of urea groups is 1. The molecule has 1 aromatic carbocycles. The minimum atomic E-state index is -3.55. The van der Waals surface area contributed by atoms with Gasteiger partial charge in [-0.05, 0) is 49.4 Å². The van der Waals surface area contributed by atoms with E-state index in [0.29, 0.717) is 43.5 Å². The molecule has 1 heterocycles. The van der Waals surface area contributed by atoms with Crippen molar-refractivity contribution in [3.63, 3.8) is 0 Å². The lowest BCUT2D eigenvalue weighted by molar-refractivity contribution is 0.200. The number of carbonyl (C=O) groups excluding carboxylic acids is 1. The second-order valence-corrected chi connectivity index (χ2v) is 8.70. The van der Waals surface area contributed by atoms with Crippen LogP contribution in [-0.4, -0.2) is 56.4 Å². The van der Waals surface area contributed by atoms with E-state index in [1.165, 1.54) is 29.3 Å². The summed E-state index contributed by atoms with van der Waals surface area (Å²) in [6.07, 6.45) is 3.00. The molecule has 1 aromatic rings. The minimum absolute atomic E-state index is 0.0901. The van der Waals surface area contributed by atoms with E-state index in [1.54, 1.807) is 17.0 Å². The molecule has 0 spiro atoms. The Morgan fingerprint density at radius 2 is 1.83 bits per heavy atom. The smallest absolute Gasteiger partial charge is 0.317 e. The molecule has 1 aliphatic carbocycles. The molecule has 2 fully saturated rings. The predicted octanol–water partition coefficient (Wildman–Crippen LogP) is 2.16. The van der Waals surface area contributed by atoms with E-state index in [9.17, 15) is 13.2 Å². The molecule has 132 valence electrons. The van der Waals surface area contributed by atoms with Gasteiger partial charge in [0.05, 0.1) is 4.90 Å². The van der Waals surface area contributed by atoms with Gasteiger partial charge in [0.25, 0.3) is 0 Å². The Kier molecular flexibility index (Phi) is 5.32. The van der Waals surface area contributed by atoms with Crippen LogP contribution < -0.4 is 5.32 Å². The zero-order chi connectivity index (χ0) is 17.2. The van der Waals surface area contributed by atoms with E-state index < -0.39 is 10.0 Å². The molecule has 0 radical (unpaired) electrons. The van der Waals surface area contributed by atoms with Crippen LogP contribution in [0.4, 0.5) is 4.79 Å². The number of hydrogen-bond acceptors (Lipinski definition) is 3. The Labute approximate surface area is 147 Å². The first kappa shape index (κ1) is 17.5. The summed E-state index contributed by atoms with van der Waals surface area (Å²) in [5, 5.41) is 3.44. The monoisotopic (exact) mass is 371 g/mol. The number of amides is 2. The summed E-state index contributed by atoms with van der Waals surface area (Å²) in [6, 6.07) is 6.09. The highest BCUT2D eigenvalue weighted by molar-refractivity contribution is 7.89. The van der Waals surface area contributed by atoms with E-state index in [4.69, 9.17) is 11.6 Å². The van der Waals surface area contributed by atoms with Crippen LogP contribution in [0.1, 0.15) is 19.3 Å². The van der Waals surface area contributed by atoms with Crippen molar-refractivity contribution in [3.05, 3.63) is 29.3 Å². The number of nitrogens with one attached hydrogen (secondary N) is 1. The third kappa shape index (κ3) is 4.20. The fourth-order valence-corrected chi connectivity index (χ4v) is 4.35. The second kappa shape index (κ2) is 7.29. The molecule has 1 aliphatic heterocycles. The highest BCUT2D eigenvalue weighted by Gasteiger charge is 2.29. The minimum Gasteiger partial charge on any atom is -0.338 e. The molecule has 0 atom stereocenters. The van der Waals surface area contributed by atoms with Crippen LogP contribution in [-0.2, 0) is 10.0 Å². The van der Waals surface area contributed by atoms with E-state index in [-0.39, 0.29) is 10.9 Å². The van der Waals surface area contributed by atoms with Gasteiger partial charge in [-0.2, -0.15) is 4.31 Å². The summed E-state index contributed by atoms with van der Waals surface area (Å²) in [6.45, 7) is 2.42. The molecule has 0 aromatic heterocycles. The van der Waals surface area contributed by atoms with Crippen molar-refractivity contribution in [2.24, 2.45) is 5.92 Å². The Hall–Kier alpha value is -1.31. The Morgan fingerprint density at radius 1 is 1.12 bits per heavy atom. The number of carbonyl (C=O) groups is 1. The maximum atomic E-state index is 12.7. The Balaban J connectivity index is 1.61. The molecule has 0 bridgehead atoms. The van der Waals surface area contributed by atoms with Crippen molar-refractivity contribution in [2.75, 3.05) is 32.7 Å². The number of rotatable bonds is 4. The summed E-state index contributed by atoms with van der Waals surface area (Å²) in [4.78, 5) is 14.1. The number of hydrogen-bond donors (Lipinski definition) is 1. The molecule has 6 nitrogen and oxygen atoms in total. The van der Waals surface area contributed by atoms with E-state index in [0.717, 1.165) is 6.54 Å². The number of halogens is 1. The molecule has 24 heavy (non-hydrogen) atoms. The van der Waals surface area contributed by atoms with Gasteiger partial charge in [0.15, 0.2) is 0 Å². The van der Waals surface area contributed by atoms with Gasteiger partial charge in [0, 0.05) is 37.7 Å². The lowest BCUT2D eigenvalue weighted by Crippen LogP contribution is -2.43. The normalized spacial score (nSPS) is 19.8. The van der Waals surface area contributed by atoms with Crippen molar-refractivity contribution in [1.82, 2.24) is 14.5 Å². The van der Waals surface area contributed by atoms with Crippen molar-refractivity contribution < 1.29 is 13.2 Å². The van der Waals surface area contributed by atoms with Gasteiger partial charge in [0.2, 0.25) is 10.0 Å². The second-order valence-electron chi connectivity index (χ2n) is 6.33. The molecule has 1 saturated carbocycles. The van der Waals surface area contributed by atoms with Crippen LogP contribution in [0, 0.1) is 5.92 Å². The highest BCUT2D eigenvalue weighted by Crippen LogP contribution is 2.27. The summed E-state index contributed by atoms with van der Waals surface area (Å²) in [5.74, 6) is 0.628. The van der Waals surface area contributed by atoms with Crippen LogP contribution in [0.25, 0.3) is 0 Å². The van der Waals surface area contributed by atoms with Gasteiger partial charge < -0.3 is 10.2 Å². The number of benzene rings is 1. The summed E-state index contributed by atoms with van der Waals surface area (Å²) in [7, 11) is -3.55. The van der Waals surface area contributed by atoms with Crippen molar-refractivity contribution >= 4 is 27.7 Å². The number of nitrogens with zero attached hydrogens (tertiary/aromatic N) is 2. The summed E-state index contributed by atoms with van der Waals surface area (Å²) in [5.41, 5.74) is 0. The van der Waals surface area contributed by atoms with E-state index >= 15 is 0 Å². The van der Waals surface area contributed by atoms with E-state index in [1.807, 2.05) is 0 Å². The van der Waals surface area contributed by atoms with Gasteiger partial charge >= 0.3 is 6.03 Å². The lowest BCUT2D eigenvalue weighted by Gasteiger charge is -2.22. The van der Waals surface area contributed by atoms with Crippen LogP contribution in [0.3, 0.4) is 0 Å². The molecular formula is C16H22ClN3O3S. The Morgan fingerprint density at radius 3 is 2.50 bits per heavy atom. The maximum absolute atomic E-state index is 12.7. The lowest BCUT2D eigenvalue weighted by atomic mass is 10.4. The van der Waals surface area contributed by atoms with Gasteiger partial charge in [-0.15, -0.1) is 0 Å². The standard InChI is InChI=1S/C16H22ClN3O3S/c17-14-4-6-15(7-5-14)24(22,23)20-9-1-8-19(10-11-20)16(21)18-12-13-2-3-13/h4-7,13H,1-3,8-12H2,(H,18,21). The van der Waals surface area contributed by atoms with Crippen LogP contribution in [0.5, 0.6) is 0 Å². The zero-order valence-corrected chi connectivity index (χ0v) is 15.0. The summed E-state index contributed by atoms with van der Waals surface area (Å²) < 4.78 is 26.9.